The molecule has 3 aromatic heterocycles. The molecule has 10 heteroatoms. The normalized spacial score (nSPS) is 11.8. The smallest absolute Gasteiger partial charge is 0.282 e. The Morgan fingerprint density at radius 2 is 2.20 bits per heavy atom. The van der Waals surface area contributed by atoms with Crippen LogP contribution in [0.15, 0.2) is 34.9 Å². The Morgan fingerprint density at radius 1 is 1.40 bits per heavy atom. The molecule has 0 spiro atoms. The number of pyridine rings is 1. The van der Waals surface area contributed by atoms with Gasteiger partial charge in [0.05, 0.1) is 5.02 Å². The van der Waals surface area contributed by atoms with Gasteiger partial charge in [-0.1, -0.05) is 11.6 Å². The highest BCUT2D eigenvalue weighted by Gasteiger charge is 2.24. The molecule has 0 saturated carbocycles. The Morgan fingerprint density at radius 3 is 2.90 bits per heavy atom. The van der Waals surface area contributed by atoms with Crippen molar-refractivity contribution in [3.05, 3.63) is 34.9 Å². The van der Waals surface area contributed by atoms with E-state index in [-0.39, 0.29) is 16.7 Å². The first-order chi connectivity index (χ1) is 9.47. The van der Waals surface area contributed by atoms with Gasteiger partial charge in [0.25, 0.3) is 10.0 Å². The molecule has 3 heterocycles. The quantitative estimate of drug-likeness (QED) is 0.763. The van der Waals surface area contributed by atoms with Crippen LogP contribution >= 0.6 is 22.9 Å². The number of hydrogen-bond donors (Lipinski definition) is 2. The van der Waals surface area contributed by atoms with Crippen molar-refractivity contribution in [2.75, 3.05) is 10.5 Å². The van der Waals surface area contributed by atoms with Crippen molar-refractivity contribution in [1.29, 1.82) is 0 Å². The Labute approximate surface area is 123 Å². The number of nitrogens with one attached hydrogen (secondary N) is 1. The van der Waals surface area contributed by atoms with Crippen LogP contribution in [0, 0.1) is 0 Å². The van der Waals surface area contributed by atoms with Crippen LogP contribution in [0.4, 0.5) is 11.6 Å². The predicted octanol–water partition coefficient (Wildman–Crippen LogP) is 1.83. The summed E-state index contributed by atoms with van der Waals surface area (Å²) in [6.07, 6.45) is 2.94. The number of rotatable bonds is 3. The first kappa shape index (κ1) is 13.2. The molecule has 0 bridgehead atoms. The number of fused-ring (bicyclic) bond motifs is 1. The van der Waals surface area contributed by atoms with Gasteiger partial charge in [0, 0.05) is 17.8 Å². The molecule has 0 aliphatic heterocycles. The van der Waals surface area contributed by atoms with E-state index in [1.165, 1.54) is 34.1 Å². The zero-order chi connectivity index (χ0) is 14.3. The van der Waals surface area contributed by atoms with Crippen molar-refractivity contribution < 1.29 is 8.42 Å². The van der Waals surface area contributed by atoms with Crippen LogP contribution in [0.2, 0.25) is 5.02 Å². The van der Waals surface area contributed by atoms with Crippen LogP contribution in [0.1, 0.15) is 0 Å². The first-order valence-electron chi connectivity index (χ1n) is 5.33. The van der Waals surface area contributed by atoms with Gasteiger partial charge in [0.1, 0.15) is 5.82 Å². The lowest BCUT2D eigenvalue weighted by Gasteiger charge is -2.06. The van der Waals surface area contributed by atoms with Crippen LogP contribution in [0.3, 0.4) is 0 Å². The third-order valence-corrected chi connectivity index (χ3v) is 4.84. The van der Waals surface area contributed by atoms with Gasteiger partial charge in [-0.15, -0.1) is 11.3 Å². The van der Waals surface area contributed by atoms with Crippen molar-refractivity contribution in [3.63, 3.8) is 0 Å². The molecule has 0 radical (unpaired) electrons. The highest BCUT2D eigenvalue weighted by atomic mass is 35.5. The van der Waals surface area contributed by atoms with Gasteiger partial charge < -0.3 is 5.73 Å². The van der Waals surface area contributed by atoms with Crippen molar-refractivity contribution in [2.45, 2.75) is 5.03 Å². The number of nitrogen functional groups attached to an aromatic ring is 1. The molecule has 0 amide bonds. The molecule has 7 nitrogen and oxygen atoms in total. The second-order valence-electron chi connectivity index (χ2n) is 3.82. The molecule has 3 N–H and O–H groups in total. The Balaban J connectivity index is 2.05. The van der Waals surface area contributed by atoms with Crippen LogP contribution in [0.5, 0.6) is 0 Å². The second kappa shape index (κ2) is 4.62. The summed E-state index contributed by atoms with van der Waals surface area (Å²) in [5.74, 6) is 0.0947. The number of sulfonamides is 1. The fourth-order valence-electron chi connectivity index (χ4n) is 1.67. The Hall–Kier alpha value is -1.84. The molecular formula is C10H8ClN5O2S2. The van der Waals surface area contributed by atoms with Gasteiger partial charge in [-0.25, -0.2) is 9.97 Å². The highest BCUT2D eigenvalue weighted by molar-refractivity contribution is 7.92. The topological polar surface area (TPSA) is 102 Å². The lowest BCUT2D eigenvalue weighted by molar-refractivity contribution is 0.597. The van der Waals surface area contributed by atoms with E-state index in [1.54, 1.807) is 11.6 Å². The summed E-state index contributed by atoms with van der Waals surface area (Å²) in [5, 5.41) is 2.03. The number of hydrogen-bond acceptors (Lipinski definition) is 6. The zero-order valence-electron chi connectivity index (χ0n) is 9.82. The molecule has 0 fully saturated rings. The lowest BCUT2D eigenvalue weighted by atomic mass is 10.5. The summed E-state index contributed by atoms with van der Waals surface area (Å²) >= 11 is 6.99. The maximum Gasteiger partial charge on any atom is 0.282 e. The largest absolute Gasteiger partial charge is 0.381 e. The van der Waals surface area contributed by atoms with Gasteiger partial charge in [0.2, 0.25) is 5.03 Å². The maximum atomic E-state index is 12.4. The van der Waals surface area contributed by atoms with Crippen molar-refractivity contribution in [2.24, 2.45) is 0 Å². The number of aromatic nitrogens is 3. The minimum atomic E-state index is -3.88. The SMILES string of the molecule is Nc1nc2sccn2c1S(=O)(=O)Nc1ccc(Cl)cn1. The van der Waals surface area contributed by atoms with E-state index in [1.807, 2.05) is 0 Å². The Bertz CT molecular complexity index is 869. The number of halogens is 1. The molecule has 0 aliphatic carbocycles. The molecule has 3 aromatic rings. The molecule has 20 heavy (non-hydrogen) atoms. The fraction of sp³-hybridized carbons (Fsp3) is 0. The number of imidazole rings is 1. The fourth-order valence-corrected chi connectivity index (χ4v) is 3.78. The third-order valence-electron chi connectivity index (χ3n) is 2.46. The van der Waals surface area contributed by atoms with Gasteiger partial charge in [-0.05, 0) is 12.1 Å². The number of anilines is 2. The van der Waals surface area contributed by atoms with E-state index in [4.69, 9.17) is 17.3 Å². The minimum Gasteiger partial charge on any atom is -0.381 e. The average molecular weight is 330 g/mol. The molecule has 0 saturated heterocycles. The summed E-state index contributed by atoms with van der Waals surface area (Å²) < 4.78 is 28.5. The number of nitrogens with zero attached hydrogens (tertiary/aromatic N) is 3. The van der Waals surface area contributed by atoms with E-state index in [2.05, 4.69) is 14.7 Å². The lowest BCUT2D eigenvalue weighted by Crippen LogP contribution is -2.17. The third kappa shape index (κ3) is 2.19. The number of nitrogens with two attached hydrogens (primary N) is 1. The van der Waals surface area contributed by atoms with Crippen LogP contribution in [-0.4, -0.2) is 22.8 Å². The van der Waals surface area contributed by atoms with Crippen LogP contribution < -0.4 is 10.5 Å². The molecule has 0 unspecified atom stereocenters. The molecule has 0 aromatic carbocycles. The van der Waals surface area contributed by atoms with Gasteiger partial charge in [0.15, 0.2) is 10.8 Å². The van der Waals surface area contributed by atoms with E-state index in [0.717, 1.165) is 0 Å². The van der Waals surface area contributed by atoms with Crippen molar-refractivity contribution in [3.8, 4) is 0 Å². The molecule has 0 atom stereocenters. The first-order valence-corrected chi connectivity index (χ1v) is 8.07. The standard InChI is InChI=1S/C10H8ClN5O2S2/c11-6-1-2-7(13-5-6)15-20(17,18)9-8(12)14-10-16(9)3-4-19-10/h1-5H,12H2,(H,13,15). The molecule has 0 aliphatic rings. The molecular weight excluding hydrogens is 322 g/mol. The van der Waals surface area contributed by atoms with Gasteiger partial charge in [-0.2, -0.15) is 8.42 Å². The van der Waals surface area contributed by atoms with Crippen LogP contribution in [0.25, 0.3) is 4.96 Å². The van der Waals surface area contributed by atoms with E-state index < -0.39 is 10.0 Å². The van der Waals surface area contributed by atoms with Gasteiger partial charge >= 0.3 is 0 Å². The van der Waals surface area contributed by atoms with Crippen LogP contribution in [-0.2, 0) is 10.0 Å². The van der Waals surface area contributed by atoms with Gasteiger partial charge in [-0.3, -0.25) is 9.12 Å². The van der Waals surface area contributed by atoms with Crippen molar-refractivity contribution in [1.82, 2.24) is 14.4 Å². The average Bonchev–Trinajstić information content (AvgIpc) is 2.91. The van der Waals surface area contributed by atoms with E-state index in [0.29, 0.717) is 9.98 Å². The van der Waals surface area contributed by atoms with Crippen molar-refractivity contribution >= 4 is 49.6 Å². The zero-order valence-corrected chi connectivity index (χ0v) is 12.2. The second-order valence-corrected chi connectivity index (χ2v) is 6.73. The van der Waals surface area contributed by atoms with E-state index in [9.17, 15) is 8.42 Å². The summed E-state index contributed by atoms with van der Waals surface area (Å²) in [4.78, 5) is 8.38. The Kier molecular flexibility index (Phi) is 3.04. The molecule has 104 valence electrons. The summed E-state index contributed by atoms with van der Waals surface area (Å²) in [6, 6.07) is 2.99. The summed E-state index contributed by atoms with van der Waals surface area (Å²) in [5.41, 5.74) is 5.68. The number of thiazole rings is 1. The predicted molar refractivity (Wildman–Crippen MR) is 77.5 cm³/mol. The monoisotopic (exact) mass is 329 g/mol. The summed E-state index contributed by atoms with van der Waals surface area (Å²) in [7, 11) is -3.88. The molecule has 3 rings (SSSR count). The maximum absolute atomic E-state index is 12.4. The highest BCUT2D eigenvalue weighted by Crippen LogP contribution is 2.25. The summed E-state index contributed by atoms with van der Waals surface area (Å²) in [6.45, 7) is 0. The van der Waals surface area contributed by atoms with E-state index >= 15 is 0 Å². The minimum absolute atomic E-state index is 0.0571.